The van der Waals surface area contributed by atoms with Crippen molar-refractivity contribution in [3.63, 3.8) is 0 Å². The number of hydrogen-bond donors (Lipinski definition) is 4. The maximum atomic E-state index is 11.8. The van der Waals surface area contributed by atoms with Crippen LogP contribution in [0.15, 0.2) is 9.59 Å². The predicted octanol–water partition coefficient (Wildman–Crippen LogP) is -0.145. The zero-order chi connectivity index (χ0) is 16.2. The number of nitrogens with one attached hydrogen (secondary N) is 3. The molecular weight excluding hydrogens is 274 g/mol. The van der Waals surface area contributed by atoms with Gasteiger partial charge in [-0.1, -0.05) is 6.92 Å². The largest absolute Gasteiger partial charge is 0.383 e. The van der Waals surface area contributed by atoms with Gasteiger partial charge in [-0.15, -0.1) is 0 Å². The molecule has 1 aromatic rings. The Labute approximate surface area is 122 Å². The smallest absolute Gasteiger partial charge is 0.330 e. The summed E-state index contributed by atoms with van der Waals surface area (Å²) in [5, 5.41) is 5.45. The van der Waals surface area contributed by atoms with Crippen molar-refractivity contribution >= 4 is 17.4 Å². The quantitative estimate of drug-likeness (QED) is 0.602. The van der Waals surface area contributed by atoms with Crippen molar-refractivity contribution < 1.29 is 4.79 Å². The van der Waals surface area contributed by atoms with Crippen LogP contribution in [0.4, 0.5) is 11.5 Å². The van der Waals surface area contributed by atoms with Crippen LogP contribution in [0.2, 0.25) is 0 Å². The van der Waals surface area contributed by atoms with E-state index in [1.165, 1.54) is 4.57 Å². The van der Waals surface area contributed by atoms with Crippen molar-refractivity contribution in [2.24, 2.45) is 0 Å². The molecule has 0 atom stereocenters. The summed E-state index contributed by atoms with van der Waals surface area (Å²) in [5.74, 6) is -0.233. The number of nitrogens with two attached hydrogens (primary N) is 1. The average molecular weight is 297 g/mol. The maximum absolute atomic E-state index is 11.8. The summed E-state index contributed by atoms with van der Waals surface area (Å²) in [7, 11) is 0. The Balaban J connectivity index is 2.94. The molecule has 8 nitrogen and oxygen atoms in total. The van der Waals surface area contributed by atoms with E-state index in [2.05, 4.69) is 15.6 Å². The number of nitrogen functional groups attached to an aromatic ring is 1. The van der Waals surface area contributed by atoms with Gasteiger partial charge in [-0.05, 0) is 27.2 Å². The number of aromatic amines is 1. The molecule has 118 valence electrons. The Morgan fingerprint density at radius 2 is 1.95 bits per heavy atom. The minimum absolute atomic E-state index is 0.0344. The summed E-state index contributed by atoms with van der Waals surface area (Å²) >= 11 is 0. The molecule has 0 saturated carbocycles. The number of carbonyl (C=O) groups is 1. The van der Waals surface area contributed by atoms with E-state index in [4.69, 9.17) is 5.73 Å². The van der Waals surface area contributed by atoms with Gasteiger partial charge in [-0.2, -0.15) is 0 Å². The van der Waals surface area contributed by atoms with Gasteiger partial charge in [-0.25, -0.2) is 4.79 Å². The summed E-state index contributed by atoms with van der Waals surface area (Å²) in [5.41, 5.74) is 4.32. The SMILES string of the molecule is CCCn1c(N)c(NCC(=O)NC(C)(C)C)c(=O)[nH]c1=O. The minimum Gasteiger partial charge on any atom is -0.383 e. The van der Waals surface area contributed by atoms with Crippen molar-refractivity contribution in [2.45, 2.75) is 46.2 Å². The highest BCUT2D eigenvalue weighted by atomic mass is 16.2. The molecule has 1 amide bonds. The first-order valence-electron chi connectivity index (χ1n) is 6.83. The van der Waals surface area contributed by atoms with Crippen LogP contribution >= 0.6 is 0 Å². The zero-order valence-corrected chi connectivity index (χ0v) is 12.9. The summed E-state index contributed by atoms with van der Waals surface area (Å²) in [6.07, 6.45) is 0.695. The van der Waals surface area contributed by atoms with Gasteiger partial charge < -0.3 is 16.4 Å². The molecule has 0 saturated heterocycles. The molecule has 5 N–H and O–H groups in total. The fraction of sp³-hybridized carbons (Fsp3) is 0.615. The first-order valence-corrected chi connectivity index (χ1v) is 6.83. The number of hydrogen-bond acceptors (Lipinski definition) is 5. The number of carbonyl (C=O) groups excluding carboxylic acids is 1. The van der Waals surface area contributed by atoms with Crippen LogP contribution in [0.25, 0.3) is 0 Å². The van der Waals surface area contributed by atoms with E-state index in [1.807, 2.05) is 27.7 Å². The zero-order valence-electron chi connectivity index (χ0n) is 12.9. The standard InChI is InChI=1S/C13H23N5O3/c1-5-6-18-10(14)9(11(20)16-12(18)21)15-7-8(19)17-13(2,3)4/h15H,5-7,14H2,1-4H3,(H,17,19)(H,16,20,21). The fourth-order valence-electron chi connectivity index (χ4n) is 1.84. The highest BCUT2D eigenvalue weighted by Crippen LogP contribution is 2.10. The van der Waals surface area contributed by atoms with E-state index >= 15 is 0 Å². The molecule has 0 aliphatic carbocycles. The molecule has 21 heavy (non-hydrogen) atoms. The molecule has 0 spiro atoms. The van der Waals surface area contributed by atoms with E-state index in [1.54, 1.807) is 0 Å². The highest BCUT2D eigenvalue weighted by Gasteiger charge is 2.16. The molecule has 8 heteroatoms. The number of aromatic nitrogens is 2. The lowest BCUT2D eigenvalue weighted by molar-refractivity contribution is -0.120. The molecule has 0 aromatic carbocycles. The van der Waals surface area contributed by atoms with Gasteiger partial charge in [0, 0.05) is 12.1 Å². The van der Waals surface area contributed by atoms with Crippen LogP contribution in [0.1, 0.15) is 34.1 Å². The molecule has 1 heterocycles. The molecule has 0 aliphatic heterocycles. The first-order chi connectivity index (χ1) is 9.65. The second kappa shape index (κ2) is 6.47. The van der Waals surface area contributed by atoms with Crippen molar-refractivity contribution in [2.75, 3.05) is 17.6 Å². The van der Waals surface area contributed by atoms with E-state index in [0.29, 0.717) is 13.0 Å². The first kappa shape index (κ1) is 16.8. The summed E-state index contributed by atoms with van der Waals surface area (Å²) in [6.45, 7) is 7.74. The number of nitrogens with zero attached hydrogens (tertiary/aromatic N) is 1. The lowest BCUT2D eigenvalue weighted by Crippen LogP contribution is -2.44. The Bertz CT molecular complexity index is 624. The van der Waals surface area contributed by atoms with Gasteiger partial charge in [0.05, 0.1) is 6.54 Å². The molecule has 0 fully saturated rings. The summed E-state index contributed by atoms with van der Waals surface area (Å²) < 4.78 is 1.27. The van der Waals surface area contributed by atoms with Crippen LogP contribution in [-0.2, 0) is 11.3 Å². The third kappa shape index (κ3) is 4.66. The van der Waals surface area contributed by atoms with Gasteiger partial charge in [0.2, 0.25) is 5.91 Å². The van der Waals surface area contributed by atoms with Crippen molar-refractivity contribution in [3.8, 4) is 0 Å². The number of H-pyrrole nitrogens is 1. The van der Waals surface area contributed by atoms with Gasteiger partial charge in [0.25, 0.3) is 5.56 Å². The Morgan fingerprint density at radius 3 is 2.48 bits per heavy atom. The van der Waals surface area contributed by atoms with E-state index in [9.17, 15) is 14.4 Å². The van der Waals surface area contributed by atoms with Gasteiger partial charge in [-0.3, -0.25) is 19.1 Å². The van der Waals surface area contributed by atoms with Crippen LogP contribution in [0.5, 0.6) is 0 Å². The number of amides is 1. The molecule has 0 aliphatic rings. The Morgan fingerprint density at radius 1 is 1.33 bits per heavy atom. The lowest BCUT2D eigenvalue weighted by atomic mass is 10.1. The van der Waals surface area contributed by atoms with Crippen molar-refractivity contribution in [3.05, 3.63) is 20.8 Å². The molecule has 1 rings (SSSR count). The van der Waals surface area contributed by atoms with Gasteiger partial charge in [0.1, 0.15) is 11.5 Å². The van der Waals surface area contributed by atoms with Crippen LogP contribution in [0, 0.1) is 0 Å². The third-order valence-electron chi connectivity index (χ3n) is 2.63. The second-order valence-electron chi connectivity index (χ2n) is 5.82. The van der Waals surface area contributed by atoms with Crippen molar-refractivity contribution in [1.29, 1.82) is 0 Å². The molecular formula is C13H23N5O3. The Kier molecular flexibility index (Phi) is 5.17. The molecule has 0 radical (unpaired) electrons. The lowest BCUT2D eigenvalue weighted by Gasteiger charge is -2.21. The molecule has 0 bridgehead atoms. The molecule has 0 unspecified atom stereocenters. The maximum Gasteiger partial charge on any atom is 0.330 e. The van der Waals surface area contributed by atoms with Crippen molar-refractivity contribution in [1.82, 2.24) is 14.9 Å². The fourth-order valence-corrected chi connectivity index (χ4v) is 1.84. The second-order valence-corrected chi connectivity index (χ2v) is 5.82. The van der Waals surface area contributed by atoms with E-state index in [0.717, 1.165) is 0 Å². The Hall–Kier alpha value is -2.25. The summed E-state index contributed by atoms with van der Waals surface area (Å²) in [6, 6.07) is 0. The predicted molar refractivity (Wildman–Crippen MR) is 82.4 cm³/mol. The van der Waals surface area contributed by atoms with E-state index in [-0.39, 0.29) is 29.5 Å². The highest BCUT2D eigenvalue weighted by molar-refractivity contribution is 5.82. The molecule has 1 aromatic heterocycles. The van der Waals surface area contributed by atoms with Crippen LogP contribution in [0.3, 0.4) is 0 Å². The number of rotatable bonds is 5. The normalized spacial score (nSPS) is 11.2. The average Bonchev–Trinajstić information content (AvgIpc) is 2.31. The third-order valence-corrected chi connectivity index (χ3v) is 2.63. The summed E-state index contributed by atoms with van der Waals surface area (Å²) in [4.78, 5) is 37.3. The van der Waals surface area contributed by atoms with Crippen LogP contribution < -0.4 is 27.6 Å². The monoisotopic (exact) mass is 297 g/mol. The topological polar surface area (TPSA) is 122 Å². The van der Waals surface area contributed by atoms with Gasteiger partial charge in [0.15, 0.2) is 0 Å². The number of anilines is 2. The minimum atomic E-state index is -0.631. The van der Waals surface area contributed by atoms with Gasteiger partial charge >= 0.3 is 5.69 Å². The van der Waals surface area contributed by atoms with E-state index < -0.39 is 11.2 Å². The van der Waals surface area contributed by atoms with Crippen LogP contribution in [-0.4, -0.2) is 27.5 Å².